The molecule has 1 aliphatic rings. The number of aryl methyl sites for hydroxylation is 1. The zero-order valence-electron chi connectivity index (χ0n) is 12.1. The van der Waals surface area contributed by atoms with E-state index in [-0.39, 0.29) is 12.0 Å². The number of rotatable bonds is 4. The smallest absolute Gasteiger partial charge is 0.305 e. The first kappa shape index (κ1) is 15.5. The second kappa shape index (κ2) is 6.24. The third-order valence-corrected chi connectivity index (χ3v) is 4.05. The second-order valence-electron chi connectivity index (χ2n) is 5.85. The van der Waals surface area contributed by atoms with Gasteiger partial charge in [-0.1, -0.05) is 30.9 Å². The van der Waals surface area contributed by atoms with Gasteiger partial charge in [0.15, 0.2) is 0 Å². The summed E-state index contributed by atoms with van der Waals surface area (Å²) in [6, 6.07) is 4.34. The molecule has 114 valence electrons. The van der Waals surface area contributed by atoms with Crippen LogP contribution in [0.15, 0.2) is 18.2 Å². The number of carboxylic acids is 1. The highest BCUT2D eigenvalue weighted by atomic mass is 19.1. The van der Waals surface area contributed by atoms with E-state index in [1.165, 1.54) is 12.1 Å². The fourth-order valence-corrected chi connectivity index (χ4v) is 2.99. The molecule has 1 aromatic carbocycles. The van der Waals surface area contributed by atoms with Crippen LogP contribution in [0.3, 0.4) is 0 Å². The predicted octanol–water partition coefficient (Wildman–Crippen LogP) is 3.04. The molecule has 1 aromatic rings. The minimum absolute atomic E-state index is 0.0228. The summed E-state index contributed by atoms with van der Waals surface area (Å²) in [4.78, 5) is 23.4. The average Bonchev–Trinajstić information content (AvgIpc) is 2.41. The number of hydrogen-bond acceptors (Lipinski definition) is 2. The first-order valence-electron chi connectivity index (χ1n) is 7.22. The summed E-state index contributed by atoms with van der Waals surface area (Å²) in [6.07, 6.45) is 3.92. The van der Waals surface area contributed by atoms with Crippen molar-refractivity contribution in [2.45, 2.75) is 51.0 Å². The lowest BCUT2D eigenvalue weighted by atomic mass is 9.79. The van der Waals surface area contributed by atoms with Gasteiger partial charge in [0, 0.05) is 0 Å². The van der Waals surface area contributed by atoms with Gasteiger partial charge >= 0.3 is 5.97 Å². The minimum Gasteiger partial charge on any atom is -0.481 e. The zero-order chi connectivity index (χ0) is 15.5. The fourth-order valence-electron chi connectivity index (χ4n) is 2.99. The Kier molecular flexibility index (Phi) is 4.60. The number of amides is 1. The molecule has 5 heteroatoms. The van der Waals surface area contributed by atoms with E-state index >= 15 is 0 Å². The molecule has 0 atom stereocenters. The third kappa shape index (κ3) is 3.80. The fraction of sp³-hybridized carbons (Fsp3) is 0.500. The highest BCUT2D eigenvalue weighted by molar-refractivity contribution is 5.95. The topological polar surface area (TPSA) is 66.4 Å². The average molecular weight is 293 g/mol. The number of hydrogen-bond donors (Lipinski definition) is 2. The Balaban J connectivity index is 2.21. The van der Waals surface area contributed by atoms with Gasteiger partial charge in [-0.25, -0.2) is 4.39 Å². The molecule has 4 nitrogen and oxygen atoms in total. The van der Waals surface area contributed by atoms with Crippen molar-refractivity contribution in [2.75, 3.05) is 0 Å². The summed E-state index contributed by atoms with van der Waals surface area (Å²) in [6.45, 7) is 1.78. The summed E-state index contributed by atoms with van der Waals surface area (Å²) in [7, 11) is 0. The molecule has 0 bridgehead atoms. The Morgan fingerprint density at radius 3 is 2.57 bits per heavy atom. The maximum Gasteiger partial charge on any atom is 0.305 e. The molecule has 0 aromatic heterocycles. The summed E-state index contributed by atoms with van der Waals surface area (Å²) in [5, 5.41) is 11.9. The van der Waals surface area contributed by atoms with E-state index in [1.807, 2.05) is 0 Å². The van der Waals surface area contributed by atoms with Gasteiger partial charge in [-0.3, -0.25) is 9.59 Å². The van der Waals surface area contributed by atoms with Gasteiger partial charge in [0.25, 0.3) is 5.91 Å². The molecule has 21 heavy (non-hydrogen) atoms. The number of carboxylic acid groups (broad SMARTS) is 1. The molecule has 0 radical (unpaired) electrons. The van der Waals surface area contributed by atoms with Crippen LogP contribution in [0.4, 0.5) is 4.39 Å². The van der Waals surface area contributed by atoms with Crippen molar-refractivity contribution in [1.29, 1.82) is 0 Å². The monoisotopic (exact) mass is 293 g/mol. The molecule has 2 N–H and O–H groups in total. The lowest BCUT2D eigenvalue weighted by molar-refractivity contribution is -0.139. The van der Waals surface area contributed by atoms with E-state index in [9.17, 15) is 14.0 Å². The lowest BCUT2D eigenvalue weighted by Gasteiger charge is -2.37. The molecule has 1 saturated carbocycles. The zero-order valence-corrected chi connectivity index (χ0v) is 12.1. The number of carbonyl (C=O) groups excluding carboxylic acids is 1. The second-order valence-corrected chi connectivity index (χ2v) is 5.85. The molecular formula is C16H20FNO3. The first-order chi connectivity index (χ1) is 9.92. The van der Waals surface area contributed by atoms with Crippen LogP contribution >= 0.6 is 0 Å². The Morgan fingerprint density at radius 2 is 1.95 bits per heavy atom. The summed E-state index contributed by atoms with van der Waals surface area (Å²) in [5.41, 5.74) is 0.0139. The lowest BCUT2D eigenvalue weighted by Crippen LogP contribution is -2.51. The van der Waals surface area contributed by atoms with Gasteiger partial charge in [0.1, 0.15) is 5.82 Å². The van der Waals surface area contributed by atoms with Crippen LogP contribution < -0.4 is 5.32 Å². The molecule has 1 fully saturated rings. The van der Waals surface area contributed by atoms with Crippen LogP contribution in [0.2, 0.25) is 0 Å². The molecule has 0 aliphatic heterocycles. The van der Waals surface area contributed by atoms with E-state index in [2.05, 4.69) is 5.32 Å². The van der Waals surface area contributed by atoms with E-state index in [4.69, 9.17) is 5.11 Å². The number of carbonyl (C=O) groups is 2. The normalized spacial score (nSPS) is 17.2. The van der Waals surface area contributed by atoms with Crippen molar-refractivity contribution in [1.82, 2.24) is 5.32 Å². The highest BCUT2D eigenvalue weighted by Gasteiger charge is 2.36. The molecule has 1 aliphatic carbocycles. The standard InChI is InChI=1S/C16H20FNO3/c1-11-5-6-13(17)12(9-11)15(21)18-16(10-14(19)20)7-3-2-4-8-16/h5-6,9H,2-4,7-8,10H2,1H3,(H,18,21)(H,19,20). The van der Waals surface area contributed by atoms with Gasteiger partial charge in [-0.05, 0) is 31.9 Å². The third-order valence-electron chi connectivity index (χ3n) is 4.05. The van der Waals surface area contributed by atoms with Gasteiger partial charge in [-0.15, -0.1) is 0 Å². The van der Waals surface area contributed by atoms with Crippen molar-refractivity contribution in [3.8, 4) is 0 Å². The first-order valence-corrected chi connectivity index (χ1v) is 7.22. The van der Waals surface area contributed by atoms with E-state index in [1.54, 1.807) is 13.0 Å². The molecular weight excluding hydrogens is 273 g/mol. The Bertz CT molecular complexity index is 550. The molecule has 0 unspecified atom stereocenters. The molecule has 0 saturated heterocycles. The molecule has 0 spiro atoms. The molecule has 2 rings (SSSR count). The predicted molar refractivity (Wildman–Crippen MR) is 76.7 cm³/mol. The Labute approximate surface area is 123 Å². The van der Waals surface area contributed by atoms with Gasteiger partial charge < -0.3 is 10.4 Å². The van der Waals surface area contributed by atoms with Crippen molar-refractivity contribution < 1.29 is 19.1 Å². The maximum absolute atomic E-state index is 13.8. The van der Waals surface area contributed by atoms with Crippen molar-refractivity contribution in [2.24, 2.45) is 0 Å². The van der Waals surface area contributed by atoms with E-state index < -0.39 is 23.2 Å². The number of benzene rings is 1. The maximum atomic E-state index is 13.8. The van der Waals surface area contributed by atoms with Crippen LogP contribution in [0.25, 0.3) is 0 Å². The molecule has 0 heterocycles. The van der Waals surface area contributed by atoms with Crippen LogP contribution in [0.5, 0.6) is 0 Å². The van der Waals surface area contributed by atoms with Gasteiger partial charge in [0.05, 0.1) is 17.5 Å². The van der Waals surface area contributed by atoms with Crippen LogP contribution in [-0.2, 0) is 4.79 Å². The van der Waals surface area contributed by atoms with Crippen LogP contribution in [0.1, 0.15) is 54.4 Å². The number of nitrogens with one attached hydrogen (secondary N) is 1. The summed E-state index contributed by atoms with van der Waals surface area (Å²) >= 11 is 0. The largest absolute Gasteiger partial charge is 0.481 e. The van der Waals surface area contributed by atoms with Crippen LogP contribution in [0, 0.1) is 12.7 Å². The summed E-state index contributed by atoms with van der Waals surface area (Å²) in [5.74, 6) is -2.05. The minimum atomic E-state index is -0.943. The Hall–Kier alpha value is -1.91. The van der Waals surface area contributed by atoms with Crippen molar-refractivity contribution in [3.05, 3.63) is 35.1 Å². The van der Waals surface area contributed by atoms with E-state index in [0.717, 1.165) is 24.8 Å². The highest BCUT2D eigenvalue weighted by Crippen LogP contribution is 2.31. The molecule has 1 amide bonds. The number of aliphatic carboxylic acids is 1. The quantitative estimate of drug-likeness (QED) is 0.896. The van der Waals surface area contributed by atoms with Gasteiger partial charge in [0.2, 0.25) is 0 Å². The number of halogens is 1. The Morgan fingerprint density at radius 1 is 1.29 bits per heavy atom. The summed E-state index contributed by atoms with van der Waals surface area (Å²) < 4.78 is 13.8. The van der Waals surface area contributed by atoms with Crippen molar-refractivity contribution in [3.63, 3.8) is 0 Å². The SMILES string of the molecule is Cc1ccc(F)c(C(=O)NC2(CC(=O)O)CCCCC2)c1. The van der Waals surface area contributed by atoms with Crippen LogP contribution in [-0.4, -0.2) is 22.5 Å². The van der Waals surface area contributed by atoms with Gasteiger partial charge in [-0.2, -0.15) is 0 Å². The van der Waals surface area contributed by atoms with E-state index in [0.29, 0.717) is 12.8 Å². The van der Waals surface area contributed by atoms with Crippen molar-refractivity contribution >= 4 is 11.9 Å².